The number of anilines is 2. The Bertz CT molecular complexity index is 1620. The molecule has 0 radical (unpaired) electrons. The molecule has 192 valence electrons. The first-order valence-electron chi connectivity index (χ1n) is 10.1. The highest BCUT2D eigenvalue weighted by Crippen LogP contribution is 2.26. The molecule has 0 bridgehead atoms. The molecule has 0 spiro atoms. The first-order chi connectivity index (χ1) is 17.4. The Morgan fingerprint density at radius 3 is 1.11 bits per heavy atom. The SMILES string of the molecule is O=S(=O)(Nc1ccc(S(=O)(=O)c2ccc(NS(=O)(=O)c3ccc(Cl)nc3)cc2)cc1)c1ccc(Cl)nc1. The van der Waals surface area contributed by atoms with Crippen LogP contribution in [0.2, 0.25) is 10.3 Å². The first kappa shape index (κ1) is 26.8. The Labute approximate surface area is 223 Å². The quantitative estimate of drug-likeness (QED) is 0.286. The predicted octanol–water partition coefficient (Wildman–Crippen LogP) is 4.22. The summed E-state index contributed by atoms with van der Waals surface area (Å²) in [4.78, 5) is 7.05. The number of sulfone groups is 1. The molecule has 0 unspecified atom stereocenters. The smallest absolute Gasteiger partial charge is 0.263 e. The Balaban J connectivity index is 1.49. The number of halogens is 2. The highest BCUT2D eigenvalue weighted by atomic mass is 35.5. The average Bonchev–Trinajstić information content (AvgIpc) is 2.85. The fourth-order valence-electron chi connectivity index (χ4n) is 3.01. The molecule has 0 atom stereocenters. The molecule has 0 fully saturated rings. The van der Waals surface area contributed by atoms with Gasteiger partial charge < -0.3 is 0 Å². The molecular weight excluding hydrogens is 583 g/mol. The van der Waals surface area contributed by atoms with E-state index in [4.69, 9.17) is 23.2 Å². The number of hydrogen-bond donors (Lipinski definition) is 2. The Morgan fingerprint density at radius 1 is 0.486 bits per heavy atom. The Kier molecular flexibility index (Phi) is 7.44. The maximum Gasteiger partial charge on any atom is 0.263 e. The van der Waals surface area contributed by atoms with Crippen molar-refractivity contribution >= 4 is 64.5 Å². The third-order valence-corrected chi connectivity index (χ3v) is 9.82. The molecule has 2 heterocycles. The topological polar surface area (TPSA) is 152 Å². The predicted molar refractivity (Wildman–Crippen MR) is 138 cm³/mol. The van der Waals surface area contributed by atoms with Crippen molar-refractivity contribution in [1.82, 2.24) is 9.97 Å². The minimum absolute atomic E-state index is 0.0934. The van der Waals surface area contributed by atoms with Crippen LogP contribution in [-0.4, -0.2) is 35.2 Å². The second-order valence-corrected chi connectivity index (χ2v) is 13.5. The summed E-state index contributed by atoms with van der Waals surface area (Å²) in [6.07, 6.45) is 2.19. The number of aromatic nitrogens is 2. The summed E-state index contributed by atoms with van der Waals surface area (Å²) in [5.74, 6) is 0. The van der Waals surface area contributed by atoms with Crippen molar-refractivity contribution in [2.75, 3.05) is 9.44 Å². The van der Waals surface area contributed by atoms with Gasteiger partial charge in [-0.15, -0.1) is 0 Å². The standard InChI is InChI=1S/C22H16Cl2N4O6S3/c23-21-11-9-19(13-25-21)36(31,32)27-15-1-5-17(6-2-15)35(29,30)18-7-3-16(4-8-18)28-37(33,34)20-10-12-22(24)26-14-20/h1-14,27-28H. The van der Waals surface area contributed by atoms with E-state index < -0.39 is 29.9 Å². The number of benzene rings is 2. The monoisotopic (exact) mass is 598 g/mol. The first-order valence-corrected chi connectivity index (χ1v) is 15.3. The van der Waals surface area contributed by atoms with Crippen LogP contribution >= 0.6 is 23.2 Å². The van der Waals surface area contributed by atoms with Crippen LogP contribution in [0.25, 0.3) is 0 Å². The Hall–Kier alpha value is -3.23. The molecule has 10 nitrogen and oxygen atoms in total. The van der Waals surface area contributed by atoms with Crippen molar-refractivity contribution in [1.29, 1.82) is 0 Å². The zero-order valence-corrected chi connectivity index (χ0v) is 22.4. The largest absolute Gasteiger partial charge is 0.280 e. The van der Waals surface area contributed by atoms with E-state index in [2.05, 4.69) is 19.4 Å². The molecule has 0 aliphatic carbocycles. The fourth-order valence-corrected chi connectivity index (χ4v) is 6.50. The third-order valence-electron chi connectivity index (χ3n) is 4.85. The summed E-state index contributed by atoms with van der Waals surface area (Å²) in [6, 6.07) is 15.4. The molecule has 0 aliphatic heterocycles. The van der Waals surface area contributed by atoms with Gasteiger partial charge in [0.25, 0.3) is 20.0 Å². The lowest BCUT2D eigenvalue weighted by molar-refractivity contribution is 0.595. The third kappa shape index (κ3) is 6.19. The highest BCUT2D eigenvalue weighted by molar-refractivity contribution is 7.93. The van der Waals surface area contributed by atoms with E-state index in [1.807, 2.05) is 0 Å². The molecule has 4 rings (SSSR count). The van der Waals surface area contributed by atoms with Crippen LogP contribution in [0.3, 0.4) is 0 Å². The van der Waals surface area contributed by atoms with Crippen LogP contribution < -0.4 is 9.44 Å². The molecular formula is C22H16Cl2N4O6S3. The molecule has 15 heteroatoms. The van der Waals surface area contributed by atoms with Gasteiger partial charge in [0.1, 0.15) is 20.1 Å². The van der Waals surface area contributed by atoms with Gasteiger partial charge in [-0.1, -0.05) is 23.2 Å². The van der Waals surface area contributed by atoms with Gasteiger partial charge in [0.05, 0.1) is 9.79 Å². The molecule has 4 aromatic rings. The van der Waals surface area contributed by atoms with E-state index in [0.29, 0.717) is 0 Å². The van der Waals surface area contributed by atoms with Gasteiger partial charge in [-0.3, -0.25) is 9.44 Å². The second-order valence-electron chi connectivity index (χ2n) is 7.40. The summed E-state index contributed by atoms with van der Waals surface area (Å²) < 4.78 is 80.6. The maximum absolute atomic E-state index is 13.0. The van der Waals surface area contributed by atoms with Crippen LogP contribution in [0.5, 0.6) is 0 Å². The average molecular weight is 599 g/mol. The van der Waals surface area contributed by atoms with Crippen molar-refractivity contribution in [3.63, 3.8) is 0 Å². The number of rotatable bonds is 8. The van der Waals surface area contributed by atoms with Gasteiger partial charge in [-0.05, 0) is 72.8 Å². The van der Waals surface area contributed by atoms with Gasteiger partial charge in [0.2, 0.25) is 9.84 Å². The van der Waals surface area contributed by atoms with Crippen LogP contribution in [0.1, 0.15) is 0 Å². The number of hydrogen-bond acceptors (Lipinski definition) is 8. The lowest BCUT2D eigenvalue weighted by Gasteiger charge is -2.11. The van der Waals surface area contributed by atoms with E-state index in [9.17, 15) is 25.3 Å². The summed E-state index contributed by atoms with van der Waals surface area (Å²) in [6.45, 7) is 0. The number of sulfonamides is 2. The minimum Gasteiger partial charge on any atom is -0.280 e. The molecule has 37 heavy (non-hydrogen) atoms. The van der Waals surface area contributed by atoms with E-state index >= 15 is 0 Å². The zero-order valence-electron chi connectivity index (χ0n) is 18.4. The Morgan fingerprint density at radius 2 is 0.811 bits per heavy atom. The molecule has 2 aromatic carbocycles. The van der Waals surface area contributed by atoms with E-state index in [0.717, 1.165) is 12.4 Å². The van der Waals surface area contributed by atoms with E-state index in [1.54, 1.807) is 0 Å². The van der Waals surface area contributed by atoms with Crippen LogP contribution in [0.4, 0.5) is 11.4 Å². The van der Waals surface area contributed by atoms with Crippen molar-refractivity contribution in [2.45, 2.75) is 19.6 Å². The molecule has 0 saturated carbocycles. The molecule has 0 amide bonds. The van der Waals surface area contributed by atoms with Crippen LogP contribution in [-0.2, 0) is 29.9 Å². The minimum atomic E-state index is -3.98. The maximum atomic E-state index is 13.0. The lowest BCUT2D eigenvalue weighted by atomic mass is 10.3. The summed E-state index contributed by atoms with van der Waals surface area (Å²) in [5.41, 5.74) is 0.269. The summed E-state index contributed by atoms with van der Waals surface area (Å²) >= 11 is 11.4. The van der Waals surface area contributed by atoms with Gasteiger partial charge >= 0.3 is 0 Å². The van der Waals surface area contributed by atoms with Crippen molar-refractivity contribution < 1.29 is 25.3 Å². The molecule has 0 saturated heterocycles. The van der Waals surface area contributed by atoms with E-state index in [1.165, 1.54) is 72.8 Å². The van der Waals surface area contributed by atoms with Gasteiger partial charge in [0, 0.05) is 23.8 Å². The lowest BCUT2D eigenvalue weighted by Crippen LogP contribution is -2.13. The normalized spacial score (nSPS) is 12.2. The van der Waals surface area contributed by atoms with E-state index in [-0.39, 0.29) is 41.3 Å². The van der Waals surface area contributed by atoms with Crippen molar-refractivity contribution in [3.8, 4) is 0 Å². The molecule has 2 N–H and O–H groups in total. The fraction of sp³-hybridized carbons (Fsp3) is 0. The van der Waals surface area contributed by atoms with Crippen molar-refractivity contribution in [2.24, 2.45) is 0 Å². The van der Waals surface area contributed by atoms with Crippen molar-refractivity contribution in [3.05, 3.63) is 95.5 Å². The number of nitrogens with one attached hydrogen (secondary N) is 2. The highest BCUT2D eigenvalue weighted by Gasteiger charge is 2.20. The number of nitrogens with zero attached hydrogens (tertiary/aromatic N) is 2. The molecule has 0 aliphatic rings. The summed E-state index contributed by atoms with van der Waals surface area (Å²) in [5, 5.41) is 0.274. The zero-order chi connectivity index (χ0) is 26.8. The molecule has 2 aromatic heterocycles. The van der Waals surface area contributed by atoms with Gasteiger partial charge in [-0.2, -0.15) is 0 Å². The van der Waals surface area contributed by atoms with Gasteiger partial charge in [-0.25, -0.2) is 35.2 Å². The van der Waals surface area contributed by atoms with Crippen LogP contribution in [0.15, 0.2) is 105 Å². The van der Waals surface area contributed by atoms with Crippen LogP contribution in [0, 0.1) is 0 Å². The number of pyridine rings is 2. The second kappa shape index (κ2) is 10.3. The van der Waals surface area contributed by atoms with Gasteiger partial charge in [0.15, 0.2) is 0 Å². The summed E-state index contributed by atoms with van der Waals surface area (Å²) in [7, 11) is -11.9.